The van der Waals surface area contributed by atoms with Gasteiger partial charge in [-0.1, -0.05) is 0 Å². The first-order valence-electron chi connectivity index (χ1n) is 6.61. The van der Waals surface area contributed by atoms with Crippen LogP contribution in [0.5, 0.6) is 17.2 Å². The van der Waals surface area contributed by atoms with Gasteiger partial charge in [0.1, 0.15) is 22.8 Å². The molecule has 0 spiro atoms. The highest BCUT2D eigenvalue weighted by Crippen LogP contribution is 2.23. The summed E-state index contributed by atoms with van der Waals surface area (Å²) in [7, 11) is 0. The third-order valence-electron chi connectivity index (χ3n) is 2.98. The standard InChI is InChI=1S/C10H8O3.C7H6O3/c1-6(11)10-5-7-4-8(12)2-3-9(7)13-10;8-4-5-3-6(9)1-2-7(5)10/h2-5,12H,1H3;1-4,9-10H. The Kier molecular flexibility index (Phi) is 4.66. The largest absolute Gasteiger partial charge is 0.508 e. The topological polar surface area (TPSA) is 108 Å². The molecule has 3 rings (SSSR count). The predicted octanol–water partition coefficient (Wildman–Crippen LogP) is 3.25. The lowest BCUT2D eigenvalue weighted by molar-refractivity contribution is 0.0989. The van der Waals surface area contributed by atoms with E-state index in [0.29, 0.717) is 17.6 Å². The number of carbonyl (C=O) groups excluding carboxylic acids is 2. The van der Waals surface area contributed by atoms with Gasteiger partial charge in [-0.15, -0.1) is 0 Å². The molecule has 6 heteroatoms. The van der Waals surface area contributed by atoms with Crippen LogP contribution in [0.25, 0.3) is 11.0 Å². The monoisotopic (exact) mass is 314 g/mol. The van der Waals surface area contributed by atoms with E-state index in [9.17, 15) is 9.59 Å². The van der Waals surface area contributed by atoms with E-state index in [1.807, 2.05) is 0 Å². The number of phenols is 3. The van der Waals surface area contributed by atoms with Gasteiger partial charge >= 0.3 is 0 Å². The fourth-order valence-electron chi connectivity index (χ4n) is 1.84. The van der Waals surface area contributed by atoms with Gasteiger partial charge < -0.3 is 19.7 Å². The van der Waals surface area contributed by atoms with Crippen molar-refractivity contribution in [2.24, 2.45) is 0 Å². The summed E-state index contributed by atoms with van der Waals surface area (Å²) in [6.45, 7) is 1.44. The number of benzene rings is 2. The van der Waals surface area contributed by atoms with Gasteiger partial charge in [0.2, 0.25) is 0 Å². The van der Waals surface area contributed by atoms with Crippen molar-refractivity contribution in [1.82, 2.24) is 0 Å². The zero-order valence-electron chi connectivity index (χ0n) is 12.2. The number of aromatic hydroxyl groups is 3. The average molecular weight is 314 g/mol. The van der Waals surface area contributed by atoms with Crippen LogP contribution in [0.4, 0.5) is 0 Å². The molecule has 1 heterocycles. The molecule has 1 aromatic heterocycles. The molecule has 0 saturated carbocycles. The minimum atomic E-state index is -0.118. The summed E-state index contributed by atoms with van der Waals surface area (Å²) in [5.41, 5.74) is 0.711. The van der Waals surface area contributed by atoms with Crippen LogP contribution in [0.1, 0.15) is 27.8 Å². The summed E-state index contributed by atoms with van der Waals surface area (Å²) in [5.74, 6) is 0.229. The first-order chi connectivity index (χ1) is 10.9. The van der Waals surface area contributed by atoms with E-state index >= 15 is 0 Å². The van der Waals surface area contributed by atoms with E-state index in [4.69, 9.17) is 19.7 Å². The maximum atomic E-state index is 10.9. The Morgan fingerprint density at radius 2 is 1.65 bits per heavy atom. The van der Waals surface area contributed by atoms with Crippen molar-refractivity contribution >= 4 is 23.0 Å². The summed E-state index contributed by atoms with van der Waals surface area (Å²) in [4.78, 5) is 21.1. The number of rotatable bonds is 2. The highest BCUT2D eigenvalue weighted by atomic mass is 16.3. The van der Waals surface area contributed by atoms with Gasteiger partial charge in [0.25, 0.3) is 0 Å². The van der Waals surface area contributed by atoms with E-state index < -0.39 is 0 Å². The molecule has 3 N–H and O–H groups in total. The van der Waals surface area contributed by atoms with Crippen molar-refractivity contribution in [3.8, 4) is 17.2 Å². The van der Waals surface area contributed by atoms with E-state index in [0.717, 1.165) is 5.39 Å². The van der Waals surface area contributed by atoms with Crippen molar-refractivity contribution in [2.45, 2.75) is 6.92 Å². The van der Waals surface area contributed by atoms with Crippen LogP contribution in [0.3, 0.4) is 0 Å². The van der Waals surface area contributed by atoms with E-state index in [1.165, 1.54) is 31.2 Å². The zero-order chi connectivity index (χ0) is 17.0. The predicted molar refractivity (Wildman–Crippen MR) is 83.0 cm³/mol. The van der Waals surface area contributed by atoms with Crippen LogP contribution < -0.4 is 0 Å². The van der Waals surface area contributed by atoms with Crippen LogP contribution in [0.2, 0.25) is 0 Å². The van der Waals surface area contributed by atoms with E-state index in [2.05, 4.69) is 0 Å². The molecule has 2 aromatic carbocycles. The molecular weight excluding hydrogens is 300 g/mol. The minimum Gasteiger partial charge on any atom is -0.508 e. The number of phenolic OH excluding ortho intramolecular Hbond substituents is 3. The van der Waals surface area contributed by atoms with Crippen LogP contribution in [-0.2, 0) is 0 Å². The molecule has 0 radical (unpaired) electrons. The van der Waals surface area contributed by atoms with Crippen LogP contribution in [-0.4, -0.2) is 27.4 Å². The lowest BCUT2D eigenvalue weighted by Gasteiger charge is -1.95. The number of hydrogen-bond acceptors (Lipinski definition) is 6. The van der Waals surface area contributed by atoms with Gasteiger partial charge in [-0.3, -0.25) is 9.59 Å². The Labute approximate surface area is 131 Å². The number of Topliss-reactive ketones (excluding diaryl/α,β-unsaturated/α-hetero) is 1. The van der Waals surface area contributed by atoms with Crippen LogP contribution >= 0.6 is 0 Å². The lowest BCUT2D eigenvalue weighted by Crippen LogP contribution is -1.85. The lowest BCUT2D eigenvalue weighted by atomic mass is 10.2. The number of ketones is 1. The van der Waals surface area contributed by atoms with E-state index in [-0.39, 0.29) is 28.6 Å². The third kappa shape index (κ3) is 3.88. The maximum Gasteiger partial charge on any atom is 0.194 e. The molecule has 0 aliphatic rings. The first kappa shape index (κ1) is 16.1. The van der Waals surface area contributed by atoms with Gasteiger partial charge in [-0.05, 0) is 42.5 Å². The second-order valence-corrected chi connectivity index (χ2v) is 4.75. The Morgan fingerprint density at radius 1 is 1.00 bits per heavy atom. The molecule has 0 aliphatic carbocycles. The van der Waals surface area contributed by atoms with Crippen molar-refractivity contribution in [3.63, 3.8) is 0 Å². The molecule has 0 atom stereocenters. The van der Waals surface area contributed by atoms with Crippen molar-refractivity contribution in [2.75, 3.05) is 0 Å². The molecule has 0 unspecified atom stereocenters. The molecule has 23 heavy (non-hydrogen) atoms. The number of hydrogen-bond donors (Lipinski definition) is 3. The van der Waals surface area contributed by atoms with Crippen LogP contribution in [0.15, 0.2) is 46.9 Å². The highest BCUT2D eigenvalue weighted by molar-refractivity contribution is 5.96. The molecule has 3 aromatic rings. The molecule has 0 fully saturated rings. The maximum absolute atomic E-state index is 10.9. The third-order valence-corrected chi connectivity index (χ3v) is 2.98. The molecule has 6 nitrogen and oxygen atoms in total. The molecule has 0 amide bonds. The van der Waals surface area contributed by atoms with Gasteiger partial charge in [-0.2, -0.15) is 0 Å². The fraction of sp³-hybridized carbons (Fsp3) is 0.0588. The Morgan fingerprint density at radius 3 is 2.26 bits per heavy atom. The zero-order valence-corrected chi connectivity index (χ0v) is 12.2. The second kappa shape index (κ2) is 6.65. The van der Waals surface area contributed by atoms with Gasteiger partial charge in [0.15, 0.2) is 17.8 Å². The Balaban J connectivity index is 0.000000174. The molecular formula is C17H14O6. The SMILES string of the molecule is CC(=O)c1cc2cc(O)ccc2o1.O=Cc1cc(O)ccc1O. The summed E-state index contributed by atoms with van der Waals surface area (Å²) >= 11 is 0. The van der Waals surface area contributed by atoms with E-state index in [1.54, 1.807) is 18.2 Å². The second-order valence-electron chi connectivity index (χ2n) is 4.75. The summed E-state index contributed by atoms with van der Waals surface area (Å²) in [5, 5.41) is 27.6. The van der Waals surface area contributed by atoms with Crippen molar-refractivity contribution in [1.29, 1.82) is 0 Å². The number of aldehydes is 1. The van der Waals surface area contributed by atoms with Crippen molar-refractivity contribution < 1.29 is 29.3 Å². The number of fused-ring (bicyclic) bond motifs is 1. The average Bonchev–Trinajstić information content (AvgIpc) is 2.93. The Bertz CT molecular complexity index is 863. The van der Waals surface area contributed by atoms with Gasteiger partial charge in [-0.25, -0.2) is 0 Å². The Hall–Kier alpha value is -3.28. The summed E-state index contributed by atoms with van der Waals surface area (Å²) in [6.07, 6.45) is 0.481. The molecule has 0 saturated heterocycles. The van der Waals surface area contributed by atoms with Crippen molar-refractivity contribution in [3.05, 3.63) is 53.8 Å². The summed E-state index contributed by atoms with van der Waals surface area (Å²) < 4.78 is 5.22. The molecule has 118 valence electrons. The normalized spacial score (nSPS) is 9.96. The minimum absolute atomic E-state index is 0.0279. The molecule has 0 bridgehead atoms. The fourth-order valence-corrected chi connectivity index (χ4v) is 1.84. The quantitative estimate of drug-likeness (QED) is 0.381. The van der Waals surface area contributed by atoms with Gasteiger partial charge in [0, 0.05) is 12.3 Å². The molecule has 0 aliphatic heterocycles. The van der Waals surface area contributed by atoms with Crippen LogP contribution in [0, 0.1) is 0 Å². The summed E-state index contributed by atoms with van der Waals surface area (Å²) in [6, 6.07) is 10.1. The van der Waals surface area contributed by atoms with Gasteiger partial charge in [0.05, 0.1) is 5.56 Å². The smallest absolute Gasteiger partial charge is 0.194 e. The first-order valence-corrected chi connectivity index (χ1v) is 6.61. The number of carbonyl (C=O) groups is 2. The number of furan rings is 1. The highest BCUT2D eigenvalue weighted by Gasteiger charge is 2.07.